The van der Waals surface area contributed by atoms with Gasteiger partial charge in [-0.3, -0.25) is 14.6 Å². The van der Waals surface area contributed by atoms with Crippen LogP contribution in [0.1, 0.15) is 39.7 Å². The van der Waals surface area contributed by atoms with Gasteiger partial charge in [-0.05, 0) is 31.0 Å². The summed E-state index contributed by atoms with van der Waals surface area (Å²) < 4.78 is 0. The summed E-state index contributed by atoms with van der Waals surface area (Å²) in [5.41, 5.74) is 1.35. The van der Waals surface area contributed by atoms with Gasteiger partial charge in [-0.1, -0.05) is 37.6 Å². The van der Waals surface area contributed by atoms with Crippen LogP contribution in [-0.4, -0.2) is 35.9 Å². The molecule has 1 amide bonds. The van der Waals surface area contributed by atoms with Gasteiger partial charge in [0, 0.05) is 48.9 Å². The van der Waals surface area contributed by atoms with Gasteiger partial charge < -0.3 is 4.90 Å². The molecule has 1 unspecified atom stereocenters. The fraction of sp³-hybridized carbons (Fsp3) is 0.421. The highest BCUT2D eigenvalue weighted by Gasteiger charge is 2.22. The first kappa shape index (κ1) is 20.1. The van der Waals surface area contributed by atoms with Gasteiger partial charge in [-0.2, -0.15) is 0 Å². The zero-order chi connectivity index (χ0) is 18.1. The fourth-order valence-corrected chi connectivity index (χ4v) is 2.56. The Balaban J connectivity index is 0.00000139. The zero-order valence-electron chi connectivity index (χ0n) is 14.8. The van der Waals surface area contributed by atoms with E-state index in [1.165, 1.54) is 6.92 Å². The molecule has 1 aromatic carbocycles. The fourth-order valence-electron chi connectivity index (χ4n) is 2.43. The molecule has 5 heteroatoms. The monoisotopic (exact) mass is 348 g/mol. The molecule has 4 nitrogen and oxygen atoms in total. The lowest BCUT2D eigenvalue weighted by Crippen LogP contribution is -2.25. The van der Waals surface area contributed by atoms with Crippen molar-refractivity contribution in [3.8, 4) is 0 Å². The standard InChI is InChI=1S/C17H19ClN2O2.C2H6/c1-12(21)17(15-3-5-16(18)6-4-15)10-19-9-14-7-8-20(11-14)13(2)22;1-2/h3-6,9-10,14H,7-8,11H2,1-2H3;1-2H3/b17-10-,19-9?;. The Morgan fingerprint density at radius 2 is 1.83 bits per heavy atom. The van der Waals surface area contributed by atoms with E-state index in [0.29, 0.717) is 17.1 Å². The highest BCUT2D eigenvalue weighted by Crippen LogP contribution is 2.19. The normalized spacial score (nSPS) is 17.6. The van der Waals surface area contributed by atoms with E-state index in [-0.39, 0.29) is 17.6 Å². The molecule has 1 heterocycles. The van der Waals surface area contributed by atoms with Crippen molar-refractivity contribution in [2.45, 2.75) is 34.1 Å². The SMILES string of the molecule is CC.CC(=O)/C(=C/N=CC1CCN(C(C)=O)C1)c1ccc(Cl)cc1. The second-order valence-corrected chi connectivity index (χ2v) is 5.85. The molecule has 0 saturated carbocycles. The minimum absolute atomic E-state index is 0.0451. The number of carbonyl (C=O) groups excluding carboxylic acids is 2. The van der Waals surface area contributed by atoms with Gasteiger partial charge in [0.15, 0.2) is 5.78 Å². The van der Waals surface area contributed by atoms with Crippen molar-refractivity contribution >= 4 is 35.1 Å². The molecular weight excluding hydrogens is 324 g/mol. The van der Waals surface area contributed by atoms with Gasteiger partial charge in [0.1, 0.15) is 0 Å². The number of aliphatic imine (C=N–C) groups is 1. The van der Waals surface area contributed by atoms with E-state index in [1.54, 1.807) is 37.4 Å². The van der Waals surface area contributed by atoms with Crippen LogP contribution in [0.15, 0.2) is 35.5 Å². The van der Waals surface area contributed by atoms with Gasteiger partial charge in [0.2, 0.25) is 5.91 Å². The van der Waals surface area contributed by atoms with Crippen LogP contribution in [0.25, 0.3) is 5.57 Å². The molecule has 0 N–H and O–H groups in total. The quantitative estimate of drug-likeness (QED) is 0.603. The Hall–Kier alpha value is -1.94. The van der Waals surface area contributed by atoms with Crippen LogP contribution in [0.3, 0.4) is 0 Å². The molecule has 1 aliphatic rings. The van der Waals surface area contributed by atoms with Gasteiger partial charge in [0.25, 0.3) is 0 Å². The van der Waals surface area contributed by atoms with Crippen LogP contribution < -0.4 is 0 Å². The molecule has 1 aromatic rings. The summed E-state index contributed by atoms with van der Waals surface area (Å²) in [5.74, 6) is 0.298. The van der Waals surface area contributed by atoms with E-state index in [9.17, 15) is 9.59 Å². The number of hydrogen-bond acceptors (Lipinski definition) is 3. The maximum absolute atomic E-state index is 11.8. The number of likely N-dealkylation sites (tertiary alicyclic amines) is 1. The van der Waals surface area contributed by atoms with Gasteiger partial charge in [-0.25, -0.2) is 0 Å². The summed E-state index contributed by atoms with van der Waals surface area (Å²) >= 11 is 5.86. The lowest BCUT2D eigenvalue weighted by Gasteiger charge is -2.11. The van der Waals surface area contributed by atoms with Crippen LogP contribution in [0.5, 0.6) is 0 Å². The largest absolute Gasteiger partial charge is 0.342 e. The number of allylic oxidation sites excluding steroid dienone is 1. The molecule has 1 saturated heterocycles. The van der Waals surface area contributed by atoms with Crippen LogP contribution in [0.4, 0.5) is 0 Å². The van der Waals surface area contributed by atoms with Gasteiger partial charge >= 0.3 is 0 Å². The van der Waals surface area contributed by atoms with E-state index in [4.69, 9.17) is 11.6 Å². The van der Waals surface area contributed by atoms with Crippen molar-refractivity contribution in [1.82, 2.24) is 4.90 Å². The number of rotatable bonds is 4. The van der Waals surface area contributed by atoms with Crippen molar-refractivity contribution < 1.29 is 9.59 Å². The van der Waals surface area contributed by atoms with Crippen molar-refractivity contribution in [2.75, 3.05) is 13.1 Å². The minimum atomic E-state index is -0.0451. The summed E-state index contributed by atoms with van der Waals surface area (Å²) in [4.78, 5) is 29.2. The number of halogens is 1. The Morgan fingerprint density at radius 1 is 1.21 bits per heavy atom. The van der Waals surface area contributed by atoms with E-state index < -0.39 is 0 Å². The van der Waals surface area contributed by atoms with Gasteiger partial charge in [0.05, 0.1) is 0 Å². The number of nitrogens with zero attached hydrogens (tertiary/aromatic N) is 2. The zero-order valence-corrected chi connectivity index (χ0v) is 15.5. The molecule has 0 aliphatic carbocycles. The van der Waals surface area contributed by atoms with E-state index in [1.807, 2.05) is 25.0 Å². The number of benzene rings is 1. The number of Topliss-reactive ketones (excluding diaryl/α,β-unsaturated/α-hetero) is 1. The molecule has 0 bridgehead atoms. The predicted octanol–water partition coefficient (Wildman–Crippen LogP) is 4.24. The highest BCUT2D eigenvalue weighted by atomic mass is 35.5. The second-order valence-electron chi connectivity index (χ2n) is 5.42. The number of ketones is 1. The highest BCUT2D eigenvalue weighted by molar-refractivity contribution is 6.30. The van der Waals surface area contributed by atoms with E-state index in [0.717, 1.165) is 18.5 Å². The lowest BCUT2D eigenvalue weighted by atomic mass is 10.0. The molecule has 24 heavy (non-hydrogen) atoms. The predicted molar refractivity (Wildman–Crippen MR) is 100 cm³/mol. The summed E-state index contributed by atoms with van der Waals surface area (Å²) in [7, 11) is 0. The average molecular weight is 349 g/mol. The summed E-state index contributed by atoms with van der Waals surface area (Å²) in [6.45, 7) is 8.56. The Morgan fingerprint density at radius 3 is 2.33 bits per heavy atom. The van der Waals surface area contributed by atoms with Crippen LogP contribution in [0, 0.1) is 5.92 Å². The molecule has 0 spiro atoms. The van der Waals surface area contributed by atoms with Crippen LogP contribution in [-0.2, 0) is 9.59 Å². The molecule has 2 rings (SSSR count). The van der Waals surface area contributed by atoms with Crippen molar-refractivity contribution in [1.29, 1.82) is 0 Å². The Kier molecular flexibility index (Phi) is 8.41. The first-order chi connectivity index (χ1) is 11.5. The number of hydrogen-bond donors (Lipinski definition) is 0. The number of amides is 1. The maximum Gasteiger partial charge on any atom is 0.219 e. The number of carbonyl (C=O) groups is 2. The molecule has 1 aliphatic heterocycles. The molecule has 0 radical (unpaired) electrons. The third-order valence-corrected chi connectivity index (χ3v) is 3.96. The van der Waals surface area contributed by atoms with Crippen molar-refractivity contribution in [3.63, 3.8) is 0 Å². The third kappa shape index (κ3) is 5.93. The lowest BCUT2D eigenvalue weighted by molar-refractivity contribution is -0.127. The van der Waals surface area contributed by atoms with Crippen molar-refractivity contribution in [2.24, 2.45) is 10.9 Å². The van der Waals surface area contributed by atoms with Crippen LogP contribution >= 0.6 is 11.6 Å². The molecule has 1 fully saturated rings. The summed E-state index contributed by atoms with van der Waals surface area (Å²) in [5, 5.41) is 0.630. The summed E-state index contributed by atoms with van der Waals surface area (Å²) in [6, 6.07) is 7.11. The molecular formula is C19H25ClN2O2. The smallest absolute Gasteiger partial charge is 0.219 e. The maximum atomic E-state index is 11.8. The topological polar surface area (TPSA) is 49.7 Å². The average Bonchev–Trinajstić information content (AvgIpc) is 3.03. The first-order valence-corrected chi connectivity index (χ1v) is 8.61. The van der Waals surface area contributed by atoms with E-state index in [2.05, 4.69) is 4.99 Å². The molecule has 0 aromatic heterocycles. The van der Waals surface area contributed by atoms with Gasteiger partial charge in [-0.15, -0.1) is 0 Å². The summed E-state index contributed by atoms with van der Waals surface area (Å²) in [6.07, 6.45) is 4.32. The van der Waals surface area contributed by atoms with Crippen LogP contribution in [0.2, 0.25) is 5.02 Å². The van der Waals surface area contributed by atoms with E-state index >= 15 is 0 Å². The van der Waals surface area contributed by atoms with Crippen molar-refractivity contribution in [3.05, 3.63) is 41.1 Å². The minimum Gasteiger partial charge on any atom is -0.342 e. The molecule has 130 valence electrons. The first-order valence-electron chi connectivity index (χ1n) is 8.23. The third-order valence-electron chi connectivity index (χ3n) is 3.71. The second kappa shape index (κ2) is 10.0. The molecule has 1 atom stereocenters. The Bertz CT molecular complexity index is 621. The Labute approximate surface area is 149 Å².